The summed E-state index contributed by atoms with van der Waals surface area (Å²) in [5, 5.41) is 1.54. The molecule has 1 rings (SSSR count). The Bertz CT molecular complexity index is 314. The van der Waals surface area contributed by atoms with Gasteiger partial charge in [0.15, 0.2) is 0 Å². The molecule has 0 aliphatic heterocycles. The molecule has 0 aliphatic carbocycles. The summed E-state index contributed by atoms with van der Waals surface area (Å²) in [4.78, 5) is 0. The maximum atomic E-state index is 3.57. The van der Waals surface area contributed by atoms with Crippen molar-refractivity contribution in [1.29, 1.82) is 0 Å². The fourth-order valence-electron chi connectivity index (χ4n) is 1.71. The van der Waals surface area contributed by atoms with E-state index in [1.54, 1.807) is 0 Å². The lowest BCUT2D eigenvalue weighted by Crippen LogP contribution is -2.41. The molecule has 0 N–H and O–H groups in total. The van der Waals surface area contributed by atoms with Gasteiger partial charge in [-0.1, -0.05) is 76.0 Å². The van der Waals surface area contributed by atoms with E-state index in [-0.39, 0.29) is 0 Å². The van der Waals surface area contributed by atoms with Gasteiger partial charge in [-0.15, -0.1) is 0 Å². The number of rotatable bonds is 4. The zero-order valence-electron chi connectivity index (χ0n) is 9.61. The molecule has 0 saturated heterocycles. The van der Waals surface area contributed by atoms with Crippen molar-refractivity contribution in [3.63, 3.8) is 0 Å². The minimum Gasteiger partial charge on any atom is -0.0654 e. The molecule has 0 amide bonds. The van der Waals surface area contributed by atoms with Crippen LogP contribution in [0, 0.1) is 0 Å². The molecule has 0 heterocycles. The number of hydrogen-bond acceptors (Lipinski definition) is 0. The number of halogens is 2. The SMILES string of the molecule is CCCC[Si](C)(C)c1cc(Br)cc(Br)c1. The third kappa shape index (κ3) is 4.04. The molecule has 0 atom stereocenters. The van der Waals surface area contributed by atoms with Crippen LogP contribution in [-0.2, 0) is 0 Å². The zero-order chi connectivity index (χ0) is 11.5. The Labute approximate surface area is 111 Å². The molecular weight excluding hydrogens is 332 g/mol. The summed E-state index contributed by atoms with van der Waals surface area (Å²) in [6.45, 7) is 7.18. The van der Waals surface area contributed by atoms with Crippen molar-refractivity contribution in [3.8, 4) is 0 Å². The molecule has 0 aliphatic rings. The van der Waals surface area contributed by atoms with Crippen LogP contribution in [0.1, 0.15) is 19.8 Å². The first kappa shape index (κ1) is 13.5. The van der Waals surface area contributed by atoms with Gasteiger partial charge in [0.2, 0.25) is 0 Å². The molecule has 15 heavy (non-hydrogen) atoms. The van der Waals surface area contributed by atoms with Crippen molar-refractivity contribution in [1.82, 2.24) is 0 Å². The van der Waals surface area contributed by atoms with Crippen molar-refractivity contribution in [2.75, 3.05) is 0 Å². The van der Waals surface area contributed by atoms with Crippen LogP contribution in [0.15, 0.2) is 27.1 Å². The third-order valence-corrected chi connectivity index (χ3v) is 7.17. The van der Waals surface area contributed by atoms with Crippen LogP contribution >= 0.6 is 31.9 Å². The molecular formula is C12H18Br2Si. The van der Waals surface area contributed by atoms with Gasteiger partial charge in [-0.05, 0) is 18.2 Å². The maximum absolute atomic E-state index is 3.57. The summed E-state index contributed by atoms with van der Waals surface area (Å²) in [5.74, 6) is 0. The maximum Gasteiger partial charge on any atom is 0.0807 e. The molecule has 0 nitrogen and oxygen atoms in total. The van der Waals surface area contributed by atoms with E-state index in [1.165, 1.54) is 33.0 Å². The lowest BCUT2D eigenvalue weighted by Gasteiger charge is -2.23. The molecule has 1 aromatic rings. The summed E-state index contributed by atoms with van der Waals surface area (Å²) in [6.07, 6.45) is 2.65. The van der Waals surface area contributed by atoms with Crippen molar-refractivity contribution in [2.24, 2.45) is 0 Å². The molecule has 3 heteroatoms. The Morgan fingerprint density at radius 1 is 1.07 bits per heavy atom. The van der Waals surface area contributed by atoms with Gasteiger partial charge in [-0.2, -0.15) is 0 Å². The van der Waals surface area contributed by atoms with E-state index >= 15 is 0 Å². The lowest BCUT2D eigenvalue weighted by molar-refractivity contribution is 0.870. The second kappa shape index (κ2) is 5.64. The van der Waals surface area contributed by atoms with E-state index in [1.807, 2.05) is 0 Å². The average molecular weight is 350 g/mol. The highest BCUT2D eigenvalue weighted by Gasteiger charge is 2.23. The molecule has 0 fully saturated rings. The van der Waals surface area contributed by atoms with E-state index in [2.05, 4.69) is 70.1 Å². The fourth-order valence-corrected chi connectivity index (χ4v) is 6.04. The Morgan fingerprint density at radius 2 is 1.60 bits per heavy atom. The van der Waals surface area contributed by atoms with Crippen molar-refractivity contribution in [3.05, 3.63) is 27.1 Å². The van der Waals surface area contributed by atoms with Crippen molar-refractivity contribution < 1.29 is 0 Å². The second-order valence-electron chi connectivity index (χ2n) is 4.65. The normalized spacial score (nSPS) is 11.8. The molecule has 0 saturated carbocycles. The standard InChI is InChI=1S/C12H18Br2Si/c1-4-5-6-15(2,3)12-8-10(13)7-11(14)9-12/h7-9H,4-6H2,1-3H3. The monoisotopic (exact) mass is 348 g/mol. The highest BCUT2D eigenvalue weighted by molar-refractivity contribution is 9.11. The Kier molecular flexibility index (Phi) is 5.07. The molecule has 84 valence electrons. The minimum atomic E-state index is -1.22. The minimum absolute atomic E-state index is 1.18. The lowest BCUT2D eigenvalue weighted by atomic mass is 10.4. The third-order valence-electron chi connectivity index (χ3n) is 2.80. The van der Waals surface area contributed by atoms with Crippen LogP contribution in [0.3, 0.4) is 0 Å². The first-order valence-electron chi connectivity index (χ1n) is 5.42. The van der Waals surface area contributed by atoms with E-state index in [0.29, 0.717) is 0 Å². The number of hydrogen-bond donors (Lipinski definition) is 0. The highest BCUT2D eigenvalue weighted by atomic mass is 79.9. The Hall–Kier alpha value is 0.397. The average Bonchev–Trinajstić information content (AvgIpc) is 2.13. The van der Waals surface area contributed by atoms with Crippen LogP contribution in [0.25, 0.3) is 0 Å². The highest BCUT2D eigenvalue weighted by Crippen LogP contribution is 2.20. The summed E-state index contributed by atoms with van der Waals surface area (Å²) < 4.78 is 2.37. The van der Waals surface area contributed by atoms with Crippen LogP contribution in [0.5, 0.6) is 0 Å². The van der Waals surface area contributed by atoms with E-state index in [0.717, 1.165) is 0 Å². The Morgan fingerprint density at radius 3 is 2.07 bits per heavy atom. The van der Waals surface area contributed by atoms with Crippen LogP contribution < -0.4 is 5.19 Å². The molecule has 0 radical (unpaired) electrons. The summed E-state index contributed by atoms with van der Waals surface area (Å²) >= 11 is 7.13. The first-order valence-corrected chi connectivity index (χ1v) is 10.2. The zero-order valence-corrected chi connectivity index (χ0v) is 13.8. The summed E-state index contributed by atoms with van der Waals surface area (Å²) in [6, 6.07) is 8.06. The topological polar surface area (TPSA) is 0 Å². The van der Waals surface area contributed by atoms with Gasteiger partial charge in [0.25, 0.3) is 0 Å². The van der Waals surface area contributed by atoms with Crippen LogP contribution in [-0.4, -0.2) is 8.07 Å². The second-order valence-corrected chi connectivity index (χ2v) is 11.3. The molecule has 0 aromatic heterocycles. The van der Waals surface area contributed by atoms with Gasteiger partial charge < -0.3 is 0 Å². The predicted molar refractivity (Wildman–Crippen MR) is 78.7 cm³/mol. The predicted octanol–water partition coefficient (Wildman–Crippen LogP) is 4.93. The smallest absolute Gasteiger partial charge is 0.0654 e. The van der Waals surface area contributed by atoms with Gasteiger partial charge in [-0.25, -0.2) is 0 Å². The van der Waals surface area contributed by atoms with E-state index in [4.69, 9.17) is 0 Å². The first-order chi connectivity index (χ1) is 6.95. The Balaban J connectivity index is 2.93. The molecule has 0 unspecified atom stereocenters. The summed E-state index contributed by atoms with van der Waals surface area (Å²) in [5.41, 5.74) is 0. The summed E-state index contributed by atoms with van der Waals surface area (Å²) in [7, 11) is -1.22. The van der Waals surface area contributed by atoms with Crippen molar-refractivity contribution >= 4 is 45.1 Å². The van der Waals surface area contributed by atoms with Gasteiger partial charge in [0.1, 0.15) is 0 Å². The molecule has 1 aromatic carbocycles. The van der Waals surface area contributed by atoms with Gasteiger partial charge in [-0.3, -0.25) is 0 Å². The fraction of sp³-hybridized carbons (Fsp3) is 0.500. The molecule has 0 bridgehead atoms. The van der Waals surface area contributed by atoms with Crippen LogP contribution in [0.4, 0.5) is 0 Å². The van der Waals surface area contributed by atoms with E-state index in [9.17, 15) is 0 Å². The van der Waals surface area contributed by atoms with Gasteiger partial charge in [0.05, 0.1) is 8.07 Å². The quantitative estimate of drug-likeness (QED) is 0.676. The van der Waals surface area contributed by atoms with E-state index < -0.39 is 8.07 Å². The largest absolute Gasteiger partial charge is 0.0807 e. The van der Waals surface area contributed by atoms with Crippen molar-refractivity contribution in [2.45, 2.75) is 38.9 Å². The van der Waals surface area contributed by atoms with Gasteiger partial charge >= 0.3 is 0 Å². The number of unbranched alkanes of at least 4 members (excludes halogenated alkanes) is 1. The molecule has 0 spiro atoms. The van der Waals surface area contributed by atoms with Gasteiger partial charge in [0, 0.05) is 8.95 Å². The van der Waals surface area contributed by atoms with Crippen LogP contribution in [0.2, 0.25) is 19.1 Å². The number of benzene rings is 1.